The number of amides is 4. The van der Waals surface area contributed by atoms with Gasteiger partial charge in [0.25, 0.3) is 23.6 Å². The Hall–Kier alpha value is -8.76. The van der Waals surface area contributed by atoms with Gasteiger partial charge in [0.05, 0.1) is 67.8 Å². The summed E-state index contributed by atoms with van der Waals surface area (Å²) in [5.74, 6) is 0.957. The molecule has 0 aromatic heterocycles. The molecule has 318 valence electrons. The van der Waals surface area contributed by atoms with Gasteiger partial charge in [-0.15, -0.1) is 0 Å². The van der Waals surface area contributed by atoms with Crippen molar-refractivity contribution in [2.45, 2.75) is 27.7 Å². The Morgan fingerprint density at radius 2 is 0.606 bits per heavy atom. The number of rotatable bonds is 5. The van der Waals surface area contributed by atoms with Crippen LogP contribution in [0.15, 0.2) is 158 Å². The molecule has 10 nitrogen and oxygen atoms in total. The van der Waals surface area contributed by atoms with Gasteiger partial charge in [-0.3, -0.25) is 19.2 Å². The van der Waals surface area contributed by atoms with Crippen LogP contribution in [0.1, 0.15) is 63.7 Å². The summed E-state index contributed by atoms with van der Waals surface area (Å²) >= 11 is 0. The molecule has 0 aliphatic carbocycles. The molecule has 10 heteroatoms. The van der Waals surface area contributed by atoms with Gasteiger partial charge < -0.3 is 19.3 Å². The van der Waals surface area contributed by atoms with E-state index in [9.17, 15) is 19.2 Å². The van der Waals surface area contributed by atoms with Crippen molar-refractivity contribution in [1.29, 1.82) is 0 Å². The molecule has 0 spiro atoms. The molecule has 0 fully saturated rings. The lowest BCUT2D eigenvalue weighted by Gasteiger charge is -2.33. The van der Waals surface area contributed by atoms with Crippen molar-refractivity contribution in [3.05, 3.63) is 202 Å². The van der Waals surface area contributed by atoms with Crippen molar-refractivity contribution >= 4 is 69.1 Å². The van der Waals surface area contributed by atoms with Gasteiger partial charge >= 0.3 is 0 Å². The van der Waals surface area contributed by atoms with Crippen LogP contribution in [0.3, 0.4) is 0 Å². The second-order valence-electron chi connectivity index (χ2n) is 17.0. The molecule has 4 aliphatic heterocycles. The molecule has 0 bridgehead atoms. The van der Waals surface area contributed by atoms with E-state index in [-0.39, 0.29) is 0 Å². The Balaban J connectivity index is 0.881. The monoisotopic (exact) mass is 862 g/mol. The number of aryl methyl sites for hydroxylation is 4. The van der Waals surface area contributed by atoms with Crippen molar-refractivity contribution in [3.8, 4) is 34.1 Å². The van der Waals surface area contributed by atoms with Crippen molar-refractivity contribution in [1.82, 2.24) is 0 Å². The lowest BCUT2D eigenvalue weighted by molar-refractivity contribution is 0.0910. The van der Waals surface area contributed by atoms with Gasteiger partial charge in [0.15, 0.2) is 23.0 Å². The minimum Gasteiger partial charge on any atom is -0.453 e. The maximum absolute atomic E-state index is 14.7. The predicted octanol–water partition coefficient (Wildman–Crippen LogP) is 13.3. The van der Waals surface area contributed by atoms with Crippen molar-refractivity contribution in [2.24, 2.45) is 0 Å². The summed E-state index contributed by atoms with van der Waals surface area (Å²) in [4.78, 5) is 64.8. The molecule has 8 aromatic rings. The Kier molecular flexibility index (Phi) is 8.47. The molecule has 0 atom stereocenters. The summed E-state index contributed by atoms with van der Waals surface area (Å²) in [6.07, 6.45) is 0. The van der Waals surface area contributed by atoms with Crippen molar-refractivity contribution < 1.29 is 28.7 Å². The summed E-state index contributed by atoms with van der Waals surface area (Å²) in [6, 6.07) is 49.2. The first-order valence-electron chi connectivity index (χ1n) is 21.7. The standard InChI is InChI=1S/C56H38N4O6/c1-31-27-35(28-32(2)51(31)59-53(61)37-15-13-21-43(49(37)55(59)63)57-39-17-5-9-23-45(39)65-46-24-10-6-18-40(46)57)36-29-33(3)52(34(4)30-36)60-54(62)38-16-14-22-44(50(38)56(60)64)58-41-19-7-11-25-47(41)66-48-26-12-8-20-42(48)58/h5-30H,1-4H3. The Morgan fingerprint density at radius 3 is 0.924 bits per heavy atom. The van der Waals surface area contributed by atoms with E-state index in [2.05, 4.69) is 0 Å². The predicted molar refractivity (Wildman–Crippen MR) is 256 cm³/mol. The zero-order valence-electron chi connectivity index (χ0n) is 36.2. The molecule has 0 radical (unpaired) electrons. The van der Waals surface area contributed by atoms with Gasteiger partial charge in [0.2, 0.25) is 0 Å². The highest BCUT2D eigenvalue weighted by molar-refractivity contribution is 6.38. The SMILES string of the molecule is Cc1cc(-c2cc(C)c(N3C(=O)c4cccc(N5c6ccccc6Oc6ccccc65)c4C3=O)c(C)c2)cc(C)c1N1C(=O)c2cccc(N3c4ccccc4Oc4ccccc43)c2C1=O. The van der Waals surface area contributed by atoms with Crippen LogP contribution in [-0.4, -0.2) is 23.6 Å². The zero-order valence-corrected chi connectivity index (χ0v) is 36.2. The van der Waals surface area contributed by atoms with E-state index in [1.54, 1.807) is 12.1 Å². The number of carbonyl (C=O) groups is 4. The number of ether oxygens (including phenoxy) is 2. The number of benzene rings is 8. The fourth-order valence-corrected chi connectivity index (χ4v) is 10.2. The smallest absolute Gasteiger partial charge is 0.268 e. The largest absolute Gasteiger partial charge is 0.453 e. The highest BCUT2D eigenvalue weighted by Gasteiger charge is 2.44. The first-order valence-corrected chi connectivity index (χ1v) is 21.7. The van der Waals surface area contributed by atoms with Crippen LogP contribution in [0.5, 0.6) is 23.0 Å². The minimum atomic E-state index is -0.409. The number of carbonyl (C=O) groups excluding carboxylic acids is 4. The van der Waals surface area contributed by atoms with Gasteiger partial charge in [0, 0.05) is 0 Å². The molecule has 12 rings (SSSR count). The number of nitrogens with zero attached hydrogens (tertiary/aromatic N) is 4. The number of hydrogen-bond acceptors (Lipinski definition) is 8. The third-order valence-electron chi connectivity index (χ3n) is 12.9. The highest BCUT2D eigenvalue weighted by atomic mass is 16.5. The second-order valence-corrected chi connectivity index (χ2v) is 17.0. The summed E-state index contributed by atoms with van der Waals surface area (Å²) in [5.41, 5.74) is 11.2. The molecule has 0 saturated heterocycles. The maximum Gasteiger partial charge on any atom is 0.268 e. The lowest BCUT2D eigenvalue weighted by Crippen LogP contribution is -2.31. The minimum absolute atomic E-state index is 0.318. The van der Waals surface area contributed by atoms with Crippen LogP contribution in [0.2, 0.25) is 0 Å². The maximum atomic E-state index is 14.7. The van der Waals surface area contributed by atoms with Crippen LogP contribution in [0.4, 0.5) is 45.5 Å². The molecule has 8 aromatic carbocycles. The normalized spacial score (nSPS) is 14.3. The summed E-state index contributed by atoms with van der Waals surface area (Å²) < 4.78 is 12.5. The van der Waals surface area contributed by atoms with E-state index in [1.807, 2.05) is 183 Å². The molecule has 0 saturated carbocycles. The van der Waals surface area contributed by atoms with Crippen LogP contribution in [-0.2, 0) is 0 Å². The van der Waals surface area contributed by atoms with E-state index in [0.29, 0.717) is 68.0 Å². The molecular formula is C56H38N4O6. The molecule has 0 N–H and O–H groups in total. The lowest BCUT2D eigenvalue weighted by atomic mass is 9.94. The van der Waals surface area contributed by atoms with Gasteiger partial charge in [-0.25, -0.2) is 9.80 Å². The second kappa shape index (κ2) is 14.4. The van der Waals surface area contributed by atoms with Gasteiger partial charge in [-0.05, 0) is 158 Å². The molecule has 4 amide bonds. The van der Waals surface area contributed by atoms with E-state index >= 15 is 0 Å². The molecule has 66 heavy (non-hydrogen) atoms. The summed E-state index contributed by atoms with van der Waals surface area (Å²) in [6.45, 7) is 7.61. The molecular weight excluding hydrogens is 825 g/mol. The van der Waals surface area contributed by atoms with E-state index < -0.39 is 23.6 Å². The molecule has 4 aliphatic rings. The van der Waals surface area contributed by atoms with E-state index in [1.165, 1.54) is 9.80 Å². The van der Waals surface area contributed by atoms with E-state index in [0.717, 1.165) is 56.1 Å². The number of fused-ring (bicyclic) bond motifs is 6. The Bertz CT molecular complexity index is 3140. The fraction of sp³-hybridized carbons (Fsp3) is 0.0714. The van der Waals surface area contributed by atoms with Crippen LogP contribution >= 0.6 is 0 Å². The molecule has 0 unspecified atom stereocenters. The Labute approximate surface area is 380 Å². The average Bonchev–Trinajstić information content (AvgIpc) is 3.73. The van der Waals surface area contributed by atoms with Crippen LogP contribution < -0.4 is 29.1 Å². The third kappa shape index (κ3) is 5.54. The fourth-order valence-electron chi connectivity index (χ4n) is 10.2. The third-order valence-corrected chi connectivity index (χ3v) is 12.9. The van der Waals surface area contributed by atoms with Crippen LogP contribution in [0.25, 0.3) is 11.1 Å². The van der Waals surface area contributed by atoms with Gasteiger partial charge in [-0.2, -0.15) is 0 Å². The average molecular weight is 863 g/mol. The zero-order chi connectivity index (χ0) is 45.1. The quantitative estimate of drug-likeness (QED) is 0.158. The Morgan fingerprint density at radius 1 is 0.318 bits per heavy atom. The van der Waals surface area contributed by atoms with Crippen LogP contribution in [0, 0.1) is 27.7 Å². The van der Waals surface area contributed by atoms with Crippen molar-refractivity contribution in [3.63, 3.8) is 0 Å². The number of imide groups is 2. The summed E-state index contributed by atoms with van der Waals surface area (Å²) in [7, 11) is 0. The molecule has 4 heterocycles. The number of para-hydroxylation sites is 8. The first-order chi connectivity index (χ1) is 32.1. The van der Waals surface area contributed by atoms with E-state index in [4.69, 9.17) is 9.47 Å². The topological polar surface area (TPSA) is 99.7 Å². The van der Waals surface area contributed by atoms with Gasteiger partial charge in [-0.1, -0.05) is 60.7 Å². The number of anilines is 8. The highest BCUT2D eigenvalue weighted by Crippen LogP contribution is 2.54. The number of hydrogen-bond donors (Lipinski definition) is 0. The van der Waals surface area contributed by atoms with Crippen molar-refractivity contribution in [2.75, 3.05) is 19.6 Å². The summed E-state index contributed by atoms with van der Waals surface area (Å²) in [5, 5.41) is 0. The first kappa shape index (κ1) is 38.9. The van der Waals surface area contributed by atoms with Gasteiger partial charge in [0.1, 0.15) is 0 Å².